The minimum absolute atomic E-state index is 0.171. The van der Waals surface area contributed by atoms with Crippen LogP contribution in [0.4, 0.5) is 10.5 Å². The quantitative estimate of drug-likeness (QED) is 0.706. The number of anilines is 1. The van der Waals surface area contributed by atoms with E-state index in [2.05, 4.69) is 10.6 Å². The van der Waals surface area contributed by atoms with Crippen LogP contribution in [-0.4, -0.2) is 50.7 Å². The van der Waals surface area contributed by atoms with Crippen molar-refractivity contribution in [2.75, 3.05) is 33.1 Å². The van der Waals surface area contributed by atoms with E-state index in [1.165, 1.54) is 12.0 Å². The summed E-state index contributed by atoms with van der Waals surface area (Å²) in [5, 5.41) is 5.46. The van der Waals surface area contributed by atoms with Gasteiger partial charge in [0.25, 0.3) is 0 Å². The first kappa shape index (κ1) is 16.9. The smallest absolute Gasteiger partial charge is 0.321 e. The number of nitrogens with zero attached hydrogens (tertiary/aromatic N) is 1. The molecule has 0 spiro atoms. The summed E-state index contributed by atoms with van der Waals surface area (Å²) >= 11 is 0. The number of nitrogens with two attached hydrogens (primary N) is 1. The summed E-state index contributed by atoms with van der Waals surface area (Å²) < 4.78 is 4.82. The van der Waals surface area contributed by atoms with Crippen LogP contribution < -0.4 is 16.4 Å². The van der Waals surface area contributed by atoms with Crippen molar-refractivity contribution < 1.29 is 14.3 Å². The van der Waals surface area contributed by atoms with Crippen LogP contribution in [0, 0.1) is 0 Å². The molecule has 1 atom stereocenters. The van der Waals surface area contributed by atoms with E-state index < -0.39 is 6.04 Å². The van der Waals surface area contributed by atoms with E-state index in [4.69, 9.17) is 10.5 Å². The molecule has 1 aromatic rings. The highest BCUT2D eigenvalue weighted by atomic mass is 16.5. The molecule has 21 heavy (non-hydrogen) atoms. The van der Waals surface area contributed by atoms with Gasteiger partial charge in [-0.05, 0) is 17.7 Å². The highest BCUT2D eigenvalue weighted by Gasteiger charge is 2.12. The van der Waals surface area contributed by atoms with Gasteiger partial charge in [0.2, 0.25) is 5.91 Å². The second-order valence-electron chi connectivity index (χ2n) is 4.80. The van der Waals surface area contributed by atoms with Crippen molar-refractivity contribution in [1.82, 2.24) is 10.2 Å². The number of ether oxygens (including phenoxy) is 1. The summed E-state index contributed by atoms with van der Waals surface area (Å²) in [6.07, 6.45) is 0. The van der Waals surface area contributed by atoms with Gasteiger partial charge in [0.1, 0.15) is 6.04 Å². The van der Waals surface area contributed by atoms with Gasteiger partial charge in [0, 0.05) is 33.4 Å². The lowest BCUT2D eigenvalue weighted by Crippen LogP contribution is -2.43. The maximum atomic E-state index is 11.7. The van der Waals surface area contributed by atoms with Gasteiger partial charge < -0.3 is 26.0 Å². The molecule has 4 N–H and O–H groups in total. The van der Waals surface area contributed by atoms with Crippen molar-refractivity contribution in [1.29, 1.82) is 0 Å². The van der Waals surface area contributed by atoms with Crippen LogP contribution in [0.15, 0.2) is 24.3 Å². The number of amides is 3. The average Bonchev–Trinajstić information content (AvgIpc) is 2.45. The zero-order chi connectivity index (χ0) is 15.8. The normalized spacial score (nSPS) is 11.6. The molecule has 7 heteroatoms. The number of nitrogens with one attached hydrogen (secondary N) is 2. The van der Waals surface area contributed by atoms with Crippen molar-refractivity contribution >= 4 is 17.6 Å². The third-order valence-electron chi connectivity index (χ3n) is 2.73. The zero-order valence-electron chi connectivity index (χ0n) is 12.6. The molecule has 0 fully saturated rings. The third-order valence-corrected chi connectivity index (χ3v) is 2.73. The number of hydrogen-bond donors (Lipinski definition) is 3. The van der Waals surface area contributed by atoms with Crippen LogP contribution in [0.1, 0.15) is 5.56 Å². The SMILES string of the molecule is COCC(N)C(=O)NCc1cccc(NC(=O)N(C)C)c1. The lowest BCUT2D eigenvalue weighted by molar-refractivity contribution is -0.123. The first-order chi connectivity index (χ1) is 9.93. The Morgan fingerprint density at radius 3 is 2.71 bits per heavy atom. The van der Waals surface area contributed by atoms with Gasteiger partial charge in [-0.1, -0.05) is 12.1 Å². The minimum Gasteiger partial charge on any atom is -0.383 e. The predicted octanol–water partition coefficient (Wildman–Crippen LogP) is 0.370. The Hall–Kier alpha value is -2.12. The van der Waals surface area contributed by atoms with E-state index in [0.29, 0.717) is 12.2 Å². The van der Waals surface area contributed by atoms with Crippen LogP contribution >= 0.6 is 0 Å². The van der Waals surface area contributed by atoms with Crippen molar-refractivity contribution in [2.24, 2.45) is 5.73 Å². The maximum absolute atomic E-state index is 11.7. The van der Waals surface area contributed by atoms with Gasteiger partial charge in [-0.3, -0.25) is 4.79 Å². The molecule has 1 unspecified atom stereocenters. The number of benzene rings is 1. The molecule has 0 saturated heterocycles. The largest absolute Gasteiger partial charge is 0.383 e. The lowest BCUT2D eigenvalue weighted by Gasteiger charge is -2.14. The number of methoxy groups -OCH3 is 1. The second kappa shape index (κ2) is 8.23. The maximum Gasteiger partial charge on any atom is 0.321 e. The second-order valence-corrected chi connectivity index (χ2v) is 4.80. The van der Waals surface area contributed by atoms with Crippen LogP contribution in [0.5, 0.6) is 0 Å². The first-order valence-corrected chi connectivity index (χ1v) is 6.53. The summed E-state index contributed by atoms with van der Waals surface area (Å²) in [5.41, 5.74) is 7.15. The van der Waals surface area contributed by atoms with E-state index in [0.717, 1.165) is 5.56 Å². The lowest BCUT2D eigenvalue weighted by atomic mass is 10.2. The molecule has 0 aliphatic carbocycles. The standard InChI is InChI=1S/C14H22N4O3/c1-18(2)14(20)17-11-6-4-5-10(7-11)8-16-13(19)12(15)9-21-3/h4-7,12H,8-9,15H2,1-3H3,(H,16,19)(H,17,20). The topological polar surface area (TPSA) is 96.7 Å². The molecule has 3 amide bonds. The summed E-state index contributed by atoms with van der Waals surface area (Å²) in [7, 11) is 4.82. The fraction of sp³-hybridized carbons (Fsp3) is 0.429. The molecule has 0 saturated carbocycles. The van der Waals surface area contributed by atoms with Crippen LogP contribution in [0.2, 0.25) is 0 Å². The number of carbonyl (C=O) groups is 2. The Bertz CT molecular complexity index is 491. The van der Waals surface area contributed by atoms with E-state index in [-0.39, 0.29) is 18.5 Å². The van der Waals surface area contributed by atoms with E-state index >= 15 is 0 Å². The summed E-state index contributed by atoms with van der Waals surface area (Å²) in [5.74, 6) is -0.278. The fourth-order valence-corrected chi connectivity index (χ4v) is 1.57. The molecular weight excluding hydrogens is 272 g/mol. The average molecular weight is 294 g/mol. The Kier molecular flexibility index (Phi) is 6.64. The molecule has 0 radical (unpaired) electrons. The Morgan fingerprint density at radius 1 is 1.38 bits per heavy atom. The van der Waals surface area contributed by atoms with Gasteiger partial charge in [-0.15, -0.1) is 0 Å². The summed E-state index contributed by atoms with van der Waals surface area (Å²) in [6.45, 7) is 0.507. The predicted molar refractivity (Wildman–Crippen MR) is 80.8 cm³/mol. The van der Waals surface area contributed by atoms with Crippen LogP contribution in [-0.2, 0) is 16.1 Å². The monoisotopic (exact) mass is 294 g/mol. The third kappa shape index (κ3) is 5.80. The van der Waals surface area contributed by atoms with Crippen LogP contribution in [0.3, 0.4) is 0 Å². The molecule has 0 bridgehead atoms. The van der Waals surface area contributed by atoms with Crippen molar-refractivity contribution in [3.63, 3.8) is 0 Å². The number of rotatable bonds is 6. The molecule has 0 aliphatic heterocycles. The fourth-order valence-electron chi connectivity index (χ4n) is 1.57. The molecule has 1 aromatic carbocycles. The molecule has 0 aromatic heterocycles. The summed E-state index contributed by atoms with van der Waals surface area (Å²) in [6, 6.07) is 6.34. The van der Waals surface area contributed by atoms with Crippen molar-refractivity contribution in [3.8, 4) is 0 Å². The van der Waals surface area contributed by atoms with Gasteiger partial charge in [-0.25, -0.2) is 4.79 Å². The zero-order valence-corrected chi connectivity index (χ0v) is 12.6. The minimum atomic E-state index is -0.688. The number of carbonyl (C=O) groups excluding carboxylic acids is 2. The molecule has 116 valence electrons. The number of hydrogen-bond acceptors (Lipinski definition) is 4. The first-order valence-electron chi connectivity index (χ1n) is 6.53. The van der Waals surface area contributed by atoms with Crippen LogP contribution in [0.25, 0.3) is 0 Å². The molecule has 0 aliphatic rings. The highest BCUT2D eigenvalue weighted by molar-refractivity contribution is 5.89. The molecule has 1 rings (SSSR count). The van der Waals surface area contributed by atoms with E-state index in [9.17, 15) is 9.59 Å². The Morgan fingerprint density at radius 2 is 2.10 bits per heavy atom. The highest BCUT2D eigenvalue weighted by Crippen LogP contribution is 2.11. The number of urea groups is 1. The molecular formula is C14H22N4O3. The van der Waals surface area contributed by atoms with Crippen molar-refractivity contribution in [3.05, 3.63) is 29.8 Å². The van der Waals surface area contributed by atoms with Gasteiger partial charge in [0.15, 0.2) is 0 Å². The van der Waals surface area contributed by atoms with Gasteiger partial charge in [0.05, 0.1) is 6.61 Å². The van der Waals surface area contributed by atoms with E-state index in [1.807, 2.05) is 12.1 Å². The molecule has 0 heterocycles. The van der Waals surface area contributed by atoms with E-state index in [1.54, 1.807) is 26.2 Å². The molecule has 7 nitrogen and oxygen atoms in total. The van der Waals surface area contributed by atoms with Crippen molar-refractivity contribution in [2.45, 2.75) is 12.6 Å². The Labute approximate surface area is 124 Å². The Balaban J connectivity index is 2.57. The van der Waals surface area contributed by atoms with Gasteiger partial charge in [-0.2, -0.15) is 0 Å². The summed E-state index contributed by atoms with van der Waals surface area (Å²) in [4.78, 5) is 24.7. The van der Waals surface area contributed by atoms with Gasteiger partial charge >= 0.3 is 6.03 Å².